The van der Waals surface area contributed by atoms with Crippen molar-refractivity contribution in [3.63, 3.8) is 0 Å². The van der Waals surface area contributed by atoms with Gasteiger partial charge in [-0.1, -0.05) is 3.89 Å². The first-order chi connectivity index (χ1) is 7.94. The monoisotopic (exact) mass is 330 g/mol. The van der Waals surface area contributed by atoms with E-state index in [2.05, 4.69) is 0 Å². The highest BCUT2D eigenvalue weighted by molar-refractivity contribution is 7.87. The van der Waals surface area contributed by atoms with Crippen LogP contribution in [-0.2, 0) is 15.0 Å². The molecule has 0 aliphatic rings. The first-order valence-corrected chi connectivity index (χ1v) is 4.98. The molecule has 0 unspecified atom stereocenters. The molecule has 0 saturated carbocycles. The first-order valence-electron chi connectivity index (χ1n) is 3.60. The van der Waals surface area contributed by atoms with Gasteiger partial charge in [0.2, 0.25) is 0 Å². The lowest BCUT2D eigenvalue weighted by molar-refractivity contribution is -0.339. The molecule has 0 aliphatic carbocycles. The zero-order valence-electron chi connectivity index (χ0n) is 7.91. The van der Waals surface area contributed by atoms with Crippen molar-refractivity contribution in [1.82, 2.24) is 0 Å². The third-order valence-electron chi connectivity index (χ3n) is 1.71. The molecule has 0 atom stereocenters. The molecule has 114 valence electrons. The quantitative estimate of drug-likeness (QED) is 0.574. The number of carbonyl (C=O) groups excluding carboxylic acids is 1. The van der Waals surface area contributed by atoms with Crippen molar-refractivity contribution in [2.24, 2.45) is 0 Å². The normalized spacial score (nSPS) is 15.5. The summed E-state index contributed by atoms with van der Waals surface area (Å²) in [6.07, 6.45) is 0. The van der Waals surface area contributed by atoms with Crippen LogP contribution < -0.4 is 0 Å². The number of alkyl halides is 8. The number of hydrogen-bond acceptors (Lipinski definition) is 3. The SMILES string of the molecule is O=C(F)C(F)(F)C(F)(F)C(F)(F)C(F)(F)S(=O)(=O)F. The van der Waals surface area contributed by atoms with E-state index in [0.29, 0.717) is 0 Å². The molecule has 0 aliphatic heterocycles. The van der Waals surface area contributed by atoms with Crippen LogP contribution in [0.5, 0.6) is 0 Å². The molecular formula is C5F10O3S. The Morgan fingerprint density at radius 2 is 1.11 bits per heavy atom. The van der Waals surface area contributed by atoms with Gasteiger partial charge in [0.15, 0.2) is 0 Å². The molecule has 3 nitrogen and oxygen atoms in total. The standard InChI is InChI=1S/C5F10O3S/c6-1(16)2(7,8)3(9,10)4(11,12)5(13,14)19(15,17)18. The van der Waals surface area contributed by atoms with Crippen molar-refractivity contribution in [1.29, 1.82) is 0 Å². The summed E-state index contributed by atoms with van der Waals surface area (Å²) in [5, 5.41) is -7.32. The molecule has 0 heterocycles. The Labute approximate surface area is 96.9 Å². The van der Waals surface area contributed by atoms with E-state index in [1.165, 1.54) is 0 Å². The lowest BCUT2D eigenvalue weighted by atomic mass is 10.1. The molecule has 0 aromatic carbocycles. The summed E-state index contributed by atoms with van der Waals surface area (Å²) in [4.78, 5) is 9.42. The molecule has 0 aromatic heterocycles. The van der Waals surface area contributed by atoms with E-state index in [4.69, 9.17) is 0 Å². The Hall–Kier alpha value is -1.08. The third kappa shape index (κ3) is 2.25. The molecule has 19 heavy (non-hydrogen) atoms. The Morgan fingerprint density at radius 3 is 1.32 bits per heavy atom. The fraction of sp³-hybridized carbons (Fsp3) is 0.800. The molecule has 0 bridgehead atoms. The number of rotatable bonds is 5. The van der Waals surface area contributed by atoms with Gasteiger partial charge in [-0.25, -0.2) is 0 Å². The number of carbonyl (C=O) groups is 1. The number of halogens is 10. The van der Waals surface area contributed by atoms with Crippen LogP contribution in [0, 0.1) is 0 Å². The average molecular weight is 330 g/mol. The lowest BCUT2D eigenvalue weighted by Crippen LogP contribution is -2.65. The average Bonchev–Trinajstić information content (AvgIpc) is 2.14. The molecule has 0 saturated heterocycles. The summed E-state index contributed by atoms with van der Waals surface area (Å²) in [5.41, 5.74) is 0. The van der Waals surface area contributed by atoms with Crippen LogP contribution in [0.15, 0.2) is 0 Å². The van der Waals surface area contributed by atoms with Gasteiger partial charge in [-0.3, -0.25) is 4.79 Å². The van der Waals surface area contributed by atoms with Crippen LogP contribution in [0.4, 0.5) is 43.4 Å². The highest BCUT2D eigenvalue weighted by atomic mass is 32.3. The van der Waals surface area contributed by atoms with E-state index in [0.717, 1.165) is 0 Å². The summed E-state index contributed by atoms with van der Waals surface area (Å²) in [5.74, 6) is -22.1. The van der Waals surface area contributed by atoms with E-state index in [1.807, 2.05) is 0 Å². The van der Waals surface area contributed by atoms with Crippen LogP contribution in [-0.4, -0.2) is 37.5 Å². The van der Waals surface area contributed by atoms with Crippen LogP contribution in [0.25, 0.3) is 0 Å². The van der Waals surface area contributed by atoms with Crippen molar-refractivity contribution < 1.29 is 56.6 Å². The molecular weight excluding hydrogens is 330 g/mol. The second-order valence-electron chi connectivity index (χ2n) is 2.95. The maximum atomic E-state index is 12.4. The van der Waals surface area contributed by atoms with Crippen molar-refractivity contribution >= 4 is 16.3 Å². The molecule has 0 N–H and O–H groups in total. The summed E-state index contributed by atoms with van der Waals surface area (Å²) in [6.45, 7) is 0. The Kier molecular flexibility index (Phi) is 3.97. The van der Waals surface area contributed by atoms with Crippen molar-refractivity contribution in [2.45, 2.75) is 23.0 Å². The predicted octanol–water partition coefficient (Wildman–Crippen LogP) is 2.28. The van der Waals surface area contributed by atoms with E-state index >= 15 is 0 Å². The molecule has 0 fully saturated rings. The Balaban J connectivity index is 6.14. The van der Waals surface area contributed by atoms with E-state index in [-0.39, 0.29) is 0 Å². The Morgan fingerprint density at radius 1 is 0.789 bits per heavy atom. The summed E-state index contributed by atoms with van der Waals surface area (Å²) in [7, 11) is -7.76. The summed E-state index contributed by atoms with van der Waals surface area (Å²) in [6, 6.07) is -4.44. The fourth-order valence-electron chi connectivity index (χ4n) is 0.656. The van der Waals surface area contributed by atoms with E-state index in [1.54, 1.807) is 0 Å². The smallest absolute Gasteiger partial charge is 0.254 e. The molecule has 0 aromatic rings. The van der Waals surface area contributed by atoms with Gasteiger partial charge in [-0.15, -0.1) is 0 Å². The summed E-state index contributed by atoms with van der Waals surface area (Å²) < 4.78 is 141. The zero-order valence-corrected chi connectivity index (χ0v) is 8.73. The van der Waals surface area contributed by atoms with Crippen molar-refractivity contribution in [3.8, 4) is 0 Å². The Bertz CT molecular complexity index is 479. The fourth-order valence-corrected chi connectivity index (χ4v) is 1.09. The van der Waals surface area contributed by atoms with Crippen molar-refractivity contribution in [3.05, 3.63) is 0 Å². The second kappa shape index (κ2) is 4.21. The predicted molar refractivity (Wildman–Crippen MR) is 35.9 cm³/mol. The van der Waals surface area contributed by atoms with Crippen LogP contribution in [0.2, 0.25) is 0 Å². The van der Waals surface area contributed by atoms with Gasteiger partial charge < -0.3 is 0 Å². The maximum absolute atomic E-state index is 12.4. The van der Waals surface area contributed by atoms with Gasteiger partial charge in [0.1, 0.15) is 0 Å². The lowest BCUT2D eigenvalue weighted by Gasteiger charge is -2.32. The van der Waals surface area contributed by atoms with Gasteiger partial charge >= 0.3 is 39.3 Å². The van der Waals surface area contributed by atoms with E-state index in [9.17, 15) is 56.6 Å². The summed E-state index contributed by atoms with van der Waals surface area (Å²) >= 11 is 0. The van der Waals surface area contributed by atoms with Crippen LogP contribution in [0.3, 0.4) is 0 Å². The van der Waals surface area contributed by atoms with Crippen LogP contribution in [0.1, 0.15) is 0 Å². The molecule has 0 amide bonds. The van der Waals surface area contributed by atoms with Gasteiger partial charge in [0.05, 0.1) is 0 Å². The van der Waals surface area contributed by atoms with Crippen LogP contribution >= 0.6 is 0 Å². The minimum absolute atomic E-state index is 4.44. The van der Waals surface area contributed by atoms with Gasteiger partial charge in [0, 0.05) is 0 Å². The zero-order chi connectivity index (χ0) is 16.1. The second-order valence-corrected chi connectivity index (χ2v) is 4.34. The highest BCUT2D eigenvalue weighted by Gasteiger charge is 2.86. The highest BCUT2D eigenvalue weighted by Crippen LogP contribution is 2.54. The van der Waals surface area contributed by atoms with Gasteiger partial charge in [-0.05, 0) is 0 Å². The molecule has 14 heteroatoms. The third-order valence-corrected chi connectivity index (χ3v) is 2.58. The topological polar surface area (TPSA) is 51.2 Å². The van der Waals surface area contributed by atoms with Crippen molar-refractivity contribution in [2.75, 3.05) is 0 Å². The number of hydrogen-bond donors (Lipinski definition) is 0. The van der Waals surface area contributed by atoms with Gasteiger partial charge in [-0.2, -0.15) is 47.9 Å². The molecule has 0 radical (unpaired) electrons. The first kappa shape index (κ1) is 17.9. The minimum Gasteiger partial charge on any atom is -0.254 e. The molecule has 0 spiro atoms. The minimum atomic E-state index is -7.76. The van der Waals surface area contributed by atoms with Gasteiger partial charge in [0.25, 0.3) is 0 Å². The van der Waals surface area contributed by atoms with E-state index < -0.39 is 39.3 Å². The largest absolute Gasteiger partial charge is 0.442 e. The molecule has 0 rings (SSSR count). The maximum Gasteiger partial charge on any atom is 0.442 e.